The first-order chi connectivity index (χ1) is 7.99. The van der Waals surface area contributed by atoms with Gasteiger partial charge in [0.25, 0.3) is 0 Å². The molecule has 0 saturated carbocycles. The second-order valence-corrected chi connectivity index (χ2v) is 4.30. The monoisotopic (exact) mass is 234 g/mol. The van der Waals surface area contributed by atoms with Crippen LogP contribution < -0.4 is 4.90 Å². The highest BCUT2D eigenvalue weighted by atomic mass is 16.4. The third-order valence-electron chi connectivity index (χ3n) is 2.96. The van der Waals surface area contributed by atoms with Crippen molar-refractivity contribution in [2.45, 2.75) is 20.3 Å². The zero-order valence-corrected chi connectivity index (χ0v) is 9.80. The summed E-state index contributed by atoms with van der Waals surface area (Å²) < 4.78 is 0. The van der Waals surface area contributed by atoms with E-state index in [1.807, 2.05) is 26.0 Å². The first kappa shape index (κ1) is 11.6. The average molecular weight is 234 g/mol. The van der Waals surface area contributed by atoms with Gasteiger partial charge in [-0.25, -0.2) is 0 Å². The van der Waals surface area contributed by atoms with Crippen molar-refractivity contribution in [2.75, 3.05) is 11.4 Å². The molecular formula is C12H14N2O3. The molecule has 1 atom stereocenters. The summed E-state index contributed by atoms with van der Waals surface area (Å²) in [5, 5.41) is 8.91. The normalized spacial score (nSPS) is 19.8. The molecule has 1 aliphatic heterocycles. The molecule has 17 heavy (non-hydrogen) atoms. The molecule has 5 nitrogen and oxygen atoms in total. The average Bonchev–Trinajstić information content (AvgIpc) is 2.61. The van der Waals surface area contributed by atoms with Crippen LogP contribution in [0, 0.1) is 19.8 Å². The molecule has 1 saturated heterocycles. The van der Waals surface area contributed by atoms with Gasteiger partial charge in [0.15, 0.2) is 0 Å². The number of amides is 1. The van der Waals surface area contributed by atoms with Crippen LogP contribution in [0.3, 0.4) is 0 Å². The molecular weight excluding hydrogens is 220 g/mol. The summed E-state index contributed by atoms with van der Waals surface area (Å²) in [6.07, 6.45) is 0.0721. The predicted molar refractivity (Wildman–Crippen MR) is 61.8 cm³/mol. The predicted octanol–water partition coefficient (Wildman–Crippen LogP) is 1.14. The molecule has 0 aromatic carbocycles. The number of carboxylic acids is 1. The van der Waals surface area contributed by atoms with Gasteiger partial charge >= 0.3 is 5.97 Å². The summed E-state index contributed by atoms with van der Waals surface area (Å²) in [4.78, 5) is 28.4. The molecule has 1 aromatic rings. The lowest BCUT2D eigenvalue weighted by Crippen LogP contribution is -2.26. The highest BCUT2D eigenvalue weighted by Crippen LogP contribution is 2.27. The molecule has 1 aliphatic rings. The maximum atomic E-state index is 11.8. The standard InChI is InChI=1S/C12H14N2O3/c1-7-3-4-10(8(2)13-7)14-6-9(12(16)17)5-11(14)15/h3-4,9H,5-6H2,1-2H3,(H,16,17). The lowest BCUT2D eigenvalue weighted by Gasteiger charge is -2.18. The van der Waals surface area contributed by atoms with E-state index in [-0.39, 0.29) is 18.9 Å². The van der Waals surface area contributed by atoms with Crippen molar-refractivity contribution in [3.8, 4) is 0 Å². The van der Waals surface area contributed by atoms with Crippen molar-refractivity contribution in [3.05, 3.63) is 23.5 Å². The zero-order chi connectivity index (χ0) is 12.6. The Hall–Kier alpha value is -1.91. The molecule has 1 aromatic heterocycles. The van der Waals surface area contributed by atoms with E-state index in [1.165, 1.54) is 4.90 Å². The first-order valence-corrected chi connectivity index (χ1v) is 5.46. The Labute approximate surface area is 99.1 Å². The van der Waals surface area contributed by atoms with Crippen LogP contribution in [-0.4, -0.2) is 28.5 Å². The quantitative estimate of drug-likeness (QED) is 0.832. The summed E-state index contributed by atoms with van der Waals surface area (Å²) >= 11 is 0. The Morgan fingerprint density at radius 1 is 1.47 bits per heavy atom. The molecule has 2 heterocycles. The fourth-order valence-corrected chi connectivity index (χ4v) is 2.07. The van der Waals surface area contributed by atoms with E-state index >= 15 is 0 Å². The fraction of sp³-hybridized carbons (Fsp3) is 0.417. The van der Waals surface area contributed by atoms with Gasteiger partial charge in [-0.15, -0.1) is 0 Å². The van der Waals surface area contributed by atoms with Crippen LogP contribution in [0.15, 0.2) is 12.1 Å². The van der Waals surface area contributed by atoms with Gasteiger partial charge in [-0.3, -0.25) is 14.6 Å². The number of aliphatic carboxylic acids is 1. The van der Waals surface area contributed by atoms with Gasteiger partial charge in [-0.1, -0.05) is 0 Å². The van der Waals surface area contributed by atoms with Crippen LogP contribution in [0.1, 0.15) is 17.8 Å². The molecule has 0 aliphatic carbocycles. The number of carboxylic acid groups (broad SMARTS) is 1. The lowest BCUT2D eigenvalue weighted by molar-refractivity contribution is -0.141. The molecule has 0 bridgehead atoms. The van der Waals surface area contributed by atoms with Gasteiger partial charge in [0.2, 0.25) is 5.91 Å². The maximum Gasteiger partial charge on any atom is 0.308 e. The smallest absolute Gasteiger partial charge is 0.308 e. The Bertz CT molecular complexity index is 485. The van der Waals surface area contributed by atoms with Gasteiger partial charge < -0.3 is 10.0 Å². The van der Waals surface area contributed by atoms with Gasteiger partial charge in [0, 0.05) is 18.7 Å². The molecule has 1 amide bonds. The van der Waals surface area contributed by atoms with E-state index in [1.54, 1.807) is 0 Å². The van der Waals surface area contributed by atoms with Crippen molar-refractivity contribution < 1.29 is 14.7 Å². The molecule has 1 unspecified atom stereocenters. The van der Waals surface area contributed by atoms with Crippen LogP contribution in [-0.2, 0) is 9.59 Å². The molecule has 1 N–H and O–H groups in total. The second-order valence-electron chi connectivity index (χ2n) is 4.30. The van der Waals surface area contributed by atoms with Gasteiger partial charge in [0.1, 0.15) is 0 Å². The molecule has 0 spiro atoms. The molecule has 0 radical (unpaired) electrons. The van der Waals surface area contributed by atoms with Crippen LogP contribution in [0.4, 0.5) is 5.69 Å². The van der Waals surface area contributed by atoms with Crippen LogP contribution in [0.25, 0.3) is 0 Å². The number of rotatable bonds is 2. The summed E-state index contributed by atoms with van der Waals surface area (Å²) in [6, 6.07) is 3.64. The molecule has 1 fully saturated rings. The highest BCUT2D eigenvalue weighted by molar-refractivity contribution is 5.99. The number of anilines is 1. The Balaban J connectivity index is 2.29. The number of pyridine rings is 1. The maximum absolute atomic E-state index is 11.8. The topological polar surface area (TPSA) is 70.5 Å². The fourth-order valence-electron chi connectivity index (χ4n) is 2.07. The van der Waals surface area contributed by atoms with E-state index < -0.39 is 11.9 Å². The van der Waals surface area contributed by atoms with E-state index in [4.69, 9.17) is 5.11 Å². The minimum Gasteiger partial charge on any atom is -0.481 e. The summed E-state index contributed by atoms with van der Waals surface area (Å²) in [7, 11) is 0. The van der Waals surface area contributed by atoms with E-state index in [0.717, 1.165) is 11.4 Å². The number of aryl methyl sites for hydroxylation is 2. The summed E-state index contributed by atoms with van der Waals surface area (Å²) in [5.41, 5.74) is 2.35. The number of aromatic nitrogens is 1. The Morgan fingerprint density at radius 2 is 2.18 bits per heavy atom. The number of carbonyl (C=O) groups excluding carboxylic acids is 1. The van der Waals surface area contributed by atoms with Crippen molar-refractivity contribution in [2.24, 2.45) is 5.92 Å². The molecule has 90 valence electrons. The summed E-state index contributed by atoms with van der Waals surface area (Å²) in [6.45, 7) is 3.94. The SMILES string of the molecule is Cc1ccc(N2CC(C(=O)O)CC2=O)c(C)n1. The second kappa shape index (κ2) is 4.16. The van der Waals surface area contributed by atoms with Crippen LogP contribution in [0.2, 0.25) is 0 Å². The number of nitrogens with zero attached hydrogens (tertiary/aromatic N) is 2. The van der Waals surface area contributed by atoms with Gasteiger partial charge in [0.05, 0.1) is 17.3 Å². The van der Waals surface area contributed by atoms with Crippen molar-refractivity contribution in [1.82, 2.24) is 4.98 Å². The van der Waals surface area contributed by atoms with E-state index in [2.05, 4.69) is 4.98 Å². The van der Waals surface area contributed by atoms with E-state index in [0.29, 0.717) is 5.69 Å². The van der Waals surface area contributed by atoms with Crippen molar-refractivity contribution in [3.63, 3.8) is 0 Å². The van der Waals surface area contributed by atoms with Gasteiger partial charge in [-0.2, -0.15) is 0 Å². The molecule has 2 rings (SSSR count). The number of carbonyl (C=O) groups is 2. The third kappa shape index (κ3) is 2.13. The van der Waals surface area contributed by atoms with Crippen LogP contribution in [0.5, 0.6) is 0 Å². The first-order valence-electron chi connectivity index (χ1n) is 5.46. The highest BCUT2D eigenvalue weighted by Gasteiger charge is 2.35. The number of hydrogen-bond acceptors (Lipinski definition) is 3. The Kier molecular flexibility index (Phi) is 2.83. The third-order valence-corrected chi connectivity index (χ3v) is 2.96. The number of hydrogen-bond donors (Lipinski definition) is 1. The van der Waals surface area contributed by atoms with Crippen LogP contribution >= 0.6 is 0 Å². The van der Waals surface area contributed by atoms with E-state index in [9.17, 15) is 9.59 Å². The summed E-state index contributed by atoms with van der Waals surface area (Å²) in [5.74, 6) is -1.67. The minimum atomic E-state index is -0.918. The zero-order valence-electron chi connectivity index (χ0n) is 9.80. The van der Waals surface area contributed by atoms with Crippen molar-refractivity contribution in [1.29, 1.82) is 0 Å². The minimum absolute atomic E-state index is 0.0721. The largest absolute Gasteiger partial charge is 0.481 e. The van der Waals surface area contributed by atoms with Gasteiger partial charge in [-0.05, 0) is 26.0 Å². The Morgan fingerprint density at radius 3 is 2.71 bits per heavy atom. The lowest BCUT2D eigenvalue weighted by atomic mass is 10.1. The molecule has 5 heteroatoms. The van der Waals surface area contributed by atoms with Crippen molar-refractivity contribution >= 4 is 17.6 Å².